The molecule has 25 heavy (non-hydrogen) atoms. The zero-order valence-corrected chi connectivity index (χ0v) is 14.5. The monoisotopic (exact) mass is 355 g/mol. The Morgan fingerprint density at radius 3 is 3.00 bits per heavy atom. The Labute approximate surface area is 148 Å². The van der Waals surface area contributed by atoms with Gasteiger partial charge in [-0.15, -0.1) is 11.3 Å². The first-order chi connectivity index (χ1) is 12.2. The standard InChI is InChI=1S/C17H17N5O2S/c1-18-16(23)11-10-20-22-13(6-7-19-15(11)22)12-4-2-8-21(12)17(24)14-5-3-9-25-14/h3,5-7,9-10,12H,2,4,8H2,1H3,(H,18,23)/t12-/m0/s1. The molecule has 3 aromatic heterocycles. The van der Waals surface area contributed by atoms with Crippen LogP contribution in [0.3, 0.4) is 0 Å². The normalized spacial score (nSPS) is 17.2. The number of aromatic nitrogens is 3. The van der Waals surface area contributed by atoms with Gasteiger partial charge in [0.25, 0.3) is 11.8 Å². The van der Waals surface area contributed by atoms with Crippen LogP contribution in [0.4, 0.5) is 0 Å². The van der Waals surface area contributed by atoms with E-state index >= 15 is 0 Å². The van der Waals surface area contributed by atoms with E-state index in [0.29, 0.717) is 11.2 Å². The number of nitrogens with one attached hydrogen (secondary N) is 1. The van der Waals surface area contributed by atoms with Gasteiger partial charge in [0.2, 0.25) is 0 Å². The predicted octanol–water partition coefficient (Wildman–Crippen LogP) is 2.13. The van der Waals surface area contributed by atoms with Gasteiger partial charge in [0.05, 0.1) is 22.8 Å². The van der Waals surface area contributed by atoms with Crippen LogP contribution >= 0.6 is 11.3 Å². The Bertz CT molecular complexity index is 934. The fraction of sp³-hybridized carbons (Fsp3) is 0.294. The summed E-state index contributed by atoms with van der Waals surface area (Å²) >= 11 is 1.45. The Morgan fingerprint density at radius 1 is 1.36 bits per heavy atom. The average molecular weight is 355 g/mol. The molecule has 4 heterocycles. The third kappa shape index (κ3) is 2.58. The molecule has 1 aliphatic rings. The highest BCUT2D eigenvalue weighted by Crippen LogP contribution is 2.33. The van der Waals surface area contributed by atoms with Gasteiger partial charge in [-0.25, -0.2) is 9.50 Å². The van der Waals surface area contributed by atoms with Crippen LogP contribution in [0.15, 0.2) is 36.0 Å². The molecule has 0 unspecified atom stereocenters. The quantitative estimate of drug-likeness (QED) is 0.780. The van der Waals surface area contributed by atoms with Crippen LogP contribution in [-0.4, -0.2) is 44.9 Å². The van der Waals surface area contributed by atoms with Crippen molar-refractivity contribution in [3.63, 3.8) is 0 Å². The first-order valence-electron chi connectivity index (χ1n) is 8.10. The summed E-state index contributed by atoms with van der Waals surface area (Å²) in [7, 11) is 1.58. The maximum Gasteiger partial charge on any atom is 0.264 e. The summed E-state index contributed by atoms with van der Waals surface area (Å²) in [4.78, 5) is 31.7. The highest BCUT2D eigenvalue weighted by Gasteiger charge is 2.33. The van der Waals surface area contributed by atoms with E-state index in [1.165, 1.54) is 17.5 Å². The van der Waals surface area contributed by atoms with E-state index in [0.717, 1.165) is 30.0 Å². The van der Waals surface area contributed by atoms with Crippen molar-refractivity contribution in [1.82, 2.24) is 24.8 Å². The third-order valence-electron chi connectivity index (χ3n) is 4.49. The van der Waals surface area contributed by atoms with E-state index in [1.54, 1.807) is 17.8 Å². The molecule has 4 rings (SSSR count). The molecular weight excluding hydrogens is 338 g/mol. The largest absolute Gasteiger partial charge is 0.355 e. The van der Waals surface area contributed by atoms with Crippen molar-refractivity contribution >= 4 is 28.8 Å². The third-order valence-corrected chi connectivity index (χ3v) is 5.35. The number of fused-ring (bicyclic) bond motifs is 1. The minimum Gasteiger partial charge on any atom is -0.355 e. The van der Waals surface area contributed by atoms with Gasteiger partial charge in [-0.2, -0.15) is 5.10 Å². The molecule has 1 atom stereocenters. The number of rotatable bonds is 3. The van der Waals surface area contributed by atoms with Crippen molar-refractivity contribution in [1.29, 1.82) is 0 Å². The molecule has 1 fully saturated rings. The number of amides is 2. The second-order valence-corrected chi connectivity index (χ2v) is 6.82. The highest BCUT2D eigenvalue weighted by atomic mass is 32.1. The lowest BCUT2D eigenvalue weighted by Gasteiger charge is -2.24. The average Bonchev–Trinajstić information content (AvgIpc) is 3.39. The number of carbonyl (C=O) groups excluding carboxylic acids is 2. The van der Waals surface area contributed by atoms with Crippen molar-refractivity contribution in [3.8, 4) is 0 Å². The maximum absolute atomic E-state index is 12.8. The number of hydrogen-bond donors (Lipinski definition) is 1. The van der Waals surface area contributed by atoms with E-state index in [9.17, 15) is 9.59 Å². The topological polar surface area (TPSA) is 79.6 Å². The molecule has 0 aromatic carbocycles. The van der Waals surface area contributed by atoms with Crippen LogP contribution in [0.25, 0.3) is 5.65 Å². The molecule has 1 saturated heterocycles. The second kappa shape index (κ2) is 6.29. The van der Waals surface area contributed by atoms with Gasteiger partial charge in [0.15, 0.2) is 5.65 Å². The number of thiophene rings is 1. The van der Waals surface area contributed by atoms with Crippen molar-refractivity contribution in [2.45, 2.75) is 18.9 Å². The molecule has 7 nitrogen and oxygen atoms in total. The molecule has 8 heteroatoms. The van der Waals surface area contributed by atoms with Crippen molar-refractivity contribution in [2.24, 2.45) is 0 Å². The van der Waals surface area contributed by atoms with Crippen molar-refractivity contribution < 1.29 is 9.59 Å². The van der Waals surface area contributed by atoms with E-state index in [1.807, 2.05) is 28.5 Å². The van der Waals surface area contributed by atoms with Crippen LogP contribution in [-0.2, 0) is 0 Å². The smallest absolute Gasteiger partial charge is 0.264 e. The number of carbonyl (C=O) groups is 2. The Kier molecular flexibility index (Phi) is 3.96. The summed E-state index contributed by atoms with van der Waals surface area (Å²) < 4.78 is 1.68. The van der Waals surface area contributed by atoms with Gasteiger partial charge in [0.1, 0.15) is 5.56 Å². The Balaban J connectivity index is 1.75. The van der Waals surface area contributed by atoms with Gasteiger partial charge in [-0.1, -0.05) is 6.07 Å². The summed E-state index contributed by atoms with van der Waals surface area (Å²) in [5.74, 6) is -0.182. The highest BCUT2D eigenvalue weighted by molar-refractivity contribution is 7.12. The van der Waals surface area contributed by atoms with Gasteiger partial charge in [-0.3, -0.25) is 9.59 Å². The predicted molar refractivity (Wildman–Crippen MR) is 93.7 cm³/mol. The maximum atomic E-state index is 12.8. The van der Waals surface area contributed by atoms with Crippen LogP contribution in [0.1, 0.15) is 44.6 Å². The summed E-state index contributed by atoms with van der Waals surface area (Å²) in [6.45, 7) is 0.717. The molecule has 0 radical (unpaired) electrons. The Hall–Kier alpha value is -2.74. The molecule has 2 amide bonds. The number of nitrogens with zero attached hydrogens (tertiary/aromatic N) is 4. The lowest BCUT2D eigenvalue weighted by Crippen LogP contribution is -2.31. The molecule has 1 N–H and O–H groups in total. The summed E-state index contributed by atoms with van der Waals surface area (Å²) in [5.41, 5.74) is 1.81. The van der Waals surface area contributed by atoms with E-state index in [-0.39, 0.29) is 17.9 Å². The molecule has 1 aliphatic heterocycles. The zero-order valence-electron chi connectivity index (χ0n) is 13.7. The van der Waals surface area contributed by atoms with Crippen LogP contribution < -0.4 is 5.32 Å². The minimum atomic E-state index is -0.224. The van der Waals surface area contributed by atoms with E-state index < -0.39 is 0 Å². The molecule has 0 saturated carbocycles. The number of likely N-dealkylation sites (tertiary alicyclic amines) is 1. The van der Waals surface area contributed by atoms with Crippen molar-refractivity contribution in [2.75, 3.05) is 13.6 Å². The fourth-order valence-electron chi connectivity index (χ4n) is 3.32. The molecule has 3 aromatic rings. The summed E-state index contributed by atoms with van der Waals surface area (Å²) in [6, 6.07) is 5.54. The second-order valence-electron chi connectivity index (χ2n) is 5.88. The lowest BCUT2D eigenvalue weighted by molar-refractivity contribution is 0.0736. The van der Waals surface area contributed by atoms with Gasteiger partial charge in [0, 0.05) is 19.8 Å². The van der Waals surface area contributed by atoms with Gasteiger partial charge >= 0.3 is 0 Å². The molecular formula is C17H17N5O2S. The molecule has 0 bridgehead atoms. The fourth-order valence-corrected chi connectivity index (χ4v) is 4.00. The lowest BCUT2D eigenvalue weighted by atomic mass is 10.1. The van der Waals surface area contributed by atoms with Gasteiger partial charge < -0.3 is 10.2 Å². The van der Waals surface area contributed by atoms with E-state index in [2.05, 4.69) is 15.4 Å². The zero-order chi connectivity index (χ0) is 17.4. The SMILES string of the molecule is CNC(=O)c1cnn2c([C@@H]3CCCN3C(=O)c3cccs3)ccnc12. The van der Waals surface area contributed by atoms with Crippen molar-refractivity contribution in [3.05, 3.63) is 52.1 Å². The van der Waals surface area contributed by atoms with Crippen LogP contribution in [0, 0.1) is 0 Å². The van der Waals surface area contributed by atoms with E-state index in [4.69, 9.17) is 0 Å². The first kappa shape index (κ1) is 15.8. The summed E-state index contributed by atoms with van der Waals surface area (Å²) in [5, 5.41) is 8.85. The molecule has 0 aliphatic carbocycles. The van der Waals surface area contributed by atoms with Crippen LogP contribution in [0.2, 0.25) is 0 Å². The number of hydrogen-bond acceptors (Lipinski definition) is 5. The molecule has 0 spiro atoms. The Morgan fingerprint density at radius 2 is 2.24 bits per heavy atom. The minimum absolute atomic E-state index is 0.0427. The van der Waals surface area contributed by atoms with Gasteiger partial charge in [-0.05, 0) is 30.4 Å². The van der Waals surface area contributed by atoms with Crippen LogP contribution in [0.5, 0.6) is 0 Å². The molecule has 128 valence electrons. The first-order valence-corrected chi connectivity index (χ1v) is 8.98. The summed E-state index contributed by atoms with van der Waals surface area (Å²) in [6.07, 6.45) is 5.00.